The number of carbonyl (C=O) groups excluding carboxylic acids is 2. The van der Waals surface area contributed by atoms with E-state index in [1.54, 1.807) is 0 Å². The van der Waals surface area contributed by atoms with Crippen LogP contribution in [0.3, 0.4) is 0 Å². The van der Waals surface area contributed by atoms with Gasteiger partial charge in [-0.1, -0.05) is 60.6 Å². The Hall–Kier alpha value is -1.69. The minimum Gasteiger partial charge on any atom is -0.308 e. The van der Waals surface area contributed by atoms with Gasteiger partial charge in [-0.15, -0.1) is 0 Å². The number of carbonyl (C=O) groups is 2. The van der Waals surface area contributed by atoms with E-state index in [1.807, 2.05) is 19.1 Å². The summed E-state index contributed by atoms with van der Waals surface area (Å²) in [6, 6.07) is 0. The first-order chi connectivity index (χ1) is 15.9. The standard InChI is InChI=1S/C29H39NO2.CH4/c1-17-20-10-13-28(5)23(27(20,4)16-21(30-7)25(17)32)14-22(31)24-19-15-26(2,3)11-8-18(19)9-12-29(24,28)6;/h14,16-20,24H,8-13,15H2,1-6H3;1H4/t17-,18+,19+,20-,24-,27-,28+,29+;/m0./s1/i;1T. The minimum atomic E-state index is -0.382. The van der Waals surface area contributed by atoms with Gasteiger partial charge in [-0.2, -0.15) is 0 Å². The lowest BCUT2D eigenvalue weighted by atomic mass is 9.36. The third kappa shape index (κ3) is 3.05. The van der Waals surface area contributed by atoms with Crippen LogP contribution >= 0.6 is 0 Å². The Morgan fingerprint density at radius 3 is 2.39 bits per heavy atom. The van der Waals surface area contributed by atoms with Crippen molar-refractivity contribution in [3.05, 3.63) is 34.8 Å². The topological polar surface area (TPSA) is 38.5 Å². The van der Waals surface area contributed by atoms with Gasteiger partial charge in [-0.05, 0) is 85.0 Å². The maximum atomic E-state index is 14.0. The molecule has 5 aliphatic rings. The summed E-state index contributed by atoms with van der Waals surface area (Å²) in [5, 5.41) is 0. The number of rotatable bonds is 0. The van der Waals surface area contributed by atoms with E-state index in [0.29, 0.717) is 23.0 Å². The van der Waals surface area contributed by atoms with Crippen LogP contribution < -0.4 is 0 Å². The molecule has 3 heteroatoms. The largest absolute Gasteiger partial charge is 0.308 e. The quantitative estimate of drug-likeness (QED) is 0.359. The Kier molecular flexibility index (Phi) is 5.17. The number of ketones is 2. The summed E-state index contributed by atoms with van der Waals surface area (Å²) in [6.45, 7) is 21.4. The van der Waals surface area contributed by atoms with Crippen molar-refractivity contribution in [2.24, 2.45) is 51.2 Å². The van der Waals surface area contributed by atoms with Crippen molar-refractivity contribution in [1.82, 2.24) is 0 Å². The van der Waals surface area contributed by atoms with Crippen molar-refractivity contribution < 1.29 is 11.0 Å². The van der Waals surface area contributed by atoms with Crippen molar-refractivity contribution in [3.8, 4) is 0 Å². The van der Waals surface area contributed by atoms with Gasteiger partial charge >= 0.3 is 0 Å². The zero-order valence-electron chi connectivity index (χ0n) is 22.8. The van der Waals surface area contributed by atoms with Crippen molar-refractivity contribution >= 4 is 11.6 Å². The molecule has 0 aromatic rings. The number of Topliss-reactive ketones (excluding diaryl/α,β-unsaturated/α-hetero) is 1. The van der Waals surface area contributed by atoms with Gasteiger partial charge in [0.2, 0.25) is 5.70 Å². The molecule has 0 aromatic heterocycles. The summed E-state index contributed by atoms with van der Waals surface area (Å²) < 4.78 is 5.75. The van der Waals surface area contributed by atoms with Gasteiger partial charge in [-0.25, -0.2) is 4.85 Å². The van der Waals surface area contributed by atoms with E-state index >= 15 is 0 Å². The minimum absolute atomic E-state index is 0.0113. The van der Waals surface area contributed by atoms with Gasteiger partial charge in [0, 0.05) is 18.6 Å². The lowest BCUT2D eigenvalue weighted by Gasteiger charge is -2.67. The third-order valence-corrected chi connectivity index (χ3v) is 11.3. The number of nitrogens with zero attached hydrogens (tertiary/aromatic N) is 1. The summed E-state index contributed by atoms with van der Waals surface area (Å²) in [4.78, 5) is 30.4. The Morgan fingerprint density at radius 2 is 1.73 bits per heavy atom. The molecule has 180 valence electrons. The van der Waals surface area contributed by atoms with Gasteiger partial charge in [0.05, 0.1) is 6.57 Å². The highest BCUT2D eigenvalue weighted by Gasteiger charge is 2.66. The molecule has 5 aliphatic carbocycles. The number of fused-ring (bicyclic) bond motifs is 7. The number of hydrogen-bond donors (Lipinski definition) is 0. The molecule has 0 saturated heterocycles. The third-order valence-electron chi connectivity index (χ3n) is 11.3. The Bertz CT molecular complexity index is 1000. The molecule has 0 heterocycles. The van der Waals surface area contributed by atoms with Crippen LogP contribution in [-0.2, 0) is 9.59 Å². The van der Waals surface area contributed by atoms with Gasteiger partial charge in [0.1, 0.15) is 0 Å². The predicted octanol–water partition coefficient (Wildman–Crippen LogP) is 7.43. The van der Waals surface area contributed by atoms with Crippen LogP contribution in [0.4, 0.5) is 0 Å². The van der Waals surface area contributed by atoms with Gasteiger partial charge in [0.25, 0.3) is 0 Å². The van der Waals surface area contributed by atoms with Crippen molar-refractivity contribution in [3.63, 3.8) is 0 Å². The van der Waals surface area contributed by atoms with Crippen LogP contribution in [0.25, 0.3) is 4.85 Å². The molecule has 0 N–H and O–H groups in total. The molecular formula is C30H43NO2. The average molecular weight is 452 g/mol. The molecular weight excluding hydrogens is 406 g/mol. The van der Waals surface area contributed by atoms with E-state index in [1.165, 1.54) is 32.2 Å². The Labute approximate surface area is 202 Å². The summed E-state index contributed by atoms with van der Waals surface area (Å²) in [5.41, 5.74) is 1.33. The molecule has 0 aromatic carbocycles. The van der Waals surface area contributed by atoms with E-state index in [9.17, 15) is 9.59 Å². The van der Waals surface area contributed by atoms with Crippen LogP contribution in [0, 0.1) is 57.8 Å². The summed E-state index contributed by atoms with van der Waals surface area (Å²) in [6.07, 6.45) is 12.1. The van der Waals surface area contributed by atoms with Crippen molar-refractivity contribution in [2.75, 3.05) is 0 Å². The van der Waals surface area contributed by atoms with Gasteiger partial charge < -0.3 is 4.79 Å². The average Bonchev–Trinajstić information content (AvgIpc) is 2.78. The fourth-order valence-electron chi connectivity index (χ4n) is 9.33. The maximum Gasteiger partial charge on any atom is 0.226 e. The molecule has 8 atom stereocenters. The first kappa shape index (κ1) is 23.1. The van der Waals surface area contributed by atoms with Crippen LogP contribution in [0.1, 0.15) is 95.3 Å². The van der Waals surface area contributed by atoms with E-state index in [-0.39, 0.29) is 45.5 Å². The smallest absolute Gasteiger partial charge is 0.226 e. The highest BCUT2D eigenvalue weighted by molar-refractivity contribution is 6.01. The Balaban J connectivity index is 0.00000133. The molecule has 0 bridgehead atoms. The Morgan fingerprint density at radius 1 is 1.06 bits per heavy atom. The molecule has 3 saturated carbocycles. The first-order valence-corrected chi connectivity index (χ1v) is 12.8. The summed E-state index contributed by atoms with van der Waals surface area (Å²) in [5.74, 6) is 1.64. The van der Waals surface area contributed by atoms with Crippen LogP contribution in [-0.4, -0.2) is 11.6 Å². The second-order valence-electron chi connectivity index (χ2n) is 13.3. The van der Waals surface area contributed by atoms with Crippen LogP contribution in [0.5, 0.6) is 0 Å². The highest BCUT2D eigenvalue weighted by Crippen LogP contribution is 2.72. The fourth-order valence-corrected chi connectivity index (χ4v) is 9.33. The summed E-state index contributed by atoms with van der Waals surface area (Å²) in [7, 11) is 1.25. The SMILES string of the molecule is [3H]C.[C-]#[N+]C1=C[C@]2(C)C3=CC(=O)[C@@H]4[C@@H]5CC(C)(C)CC[C@@H]5CC[C@@]4(C)[C@]3(C)CC[C@H]2[C@H](C)C1=O. The normalized spacial score (nSPS) is 48.2. The van der Waals surface area contributed by atoms with Crippen molar-refractivity contribution in [1.29, 1.82) is 0 Å². The zero-order valence-corrected chi connectivity index (χ0v) is 21.8. The molecule has 3 fully saturated rings. The fraction of sp³-hybridized carbons (Fsp3) is 0.767. The van der Waals surface area contributed by atoms with Crippen LogP contribution in [0.15, 0.2) is 23.4 Å². The van der Waals surface area contributed by atoms with E-state index < -0.39 is 0 Å². The predicted molar refractivity (Wildman–Crippen MR) is 133 cm³/mol. The molecule has 0 spiro atoms. The molecule has 5 rings (SSSR count). The molecule has 0 aliphatic heterocycles. The molecule has 3 nitrogen and oxygen atoms in total. The number of hydrogen-bond acceptors (Lipinski definition) is 2. The van der Waals surface area contributed by atoms with Gasteiger partial charge in [0.15, 0.2) is 11.6 Å². The van der Waals surface area contributed by atoms with Crippen molar-refractivity contribution in [2.45, 2.75) is 93.9 Å². The van der Waals surface area contributed by atoms with E-state index in [2.05, 4.69) is 39.5 Å². The first-order valence-electron chi connectivity index (χ1n) is 13.8. The summed E-state index contributed by atoms with van der Waals surface area (Å²) >= 11 is 0. The lowest BCUT2D eigenvalue weighted by molar-refractivity contribution is -0.153. The second-order valence-corrected chi connectivity index (χ2v) is 13.3. The maximum absolute atomic E-state index is 14.0. The van der Waals surface area contributed by atoms with E-state index in [0.717, 1.165) is 25.7 Å². The second kappa shape index (κ2) is 7.40. The highest BCUT2D eigenvalue weighted by atomic mass is 16.1. The number of allylic oxidation sites excluding steroid dienone is 4. The van der Waals surface area contributed by atoms with Crippen LogP contribution in [0.2, 0.25) is 0 Å². The zero-order chi connectivity index (χ0) is 25.3. The lowest BCUT2D eigenvalue weighted by Crippen LogP contribution is -2.62. The molecule has 0 amide bonds. The molecule has 33 heavy (non-hydrogen) atoms. The van der Waals surface area contributed by atoms with Gasteiger partial charge in [-0.3, -0.25) is 4.79 Å². The molecule has 0 unspecified atom stereocenters. The van der Waals surface area contributed by atoms with E-state index in [4.69, 9.17) is 7.94 Å². The monoisotopic (exact) mass is 451 g/mol. The molecule has 0 radical (unpaired) electrons.